The second-order valence-electron chi connectivity index (χ2n) is 5.92. The van der Waals surface area contributed by atoms with Crippen molar-refractivity contribution >= 4 is 28.8 Å². The van der Waals surface area contributed by atoms with Crippen LogP contribution in [0.5, 0.6) is 0 Å². The third-order valence-electron chi connectivity index (χ3n) is 4.59. The smallest absolute Gasteiger partial charge is 0.237 e. The highest BCUT2D eigenvalue weighted by atomic mass is 32.1. The molecule has 1 aliphatic carbocycles. The van der Waals surface area contributed by atoms with Crippen molar-refractivity contribution in [3.05, 3.63) is 29.3 Å². The lowest BCUT2D eigenvalue weighted by molar-refractivity contribution is -0.123. The van der Waals surface area contributed by atoms with Gasteiger partial charge in [0.1, 0.15) is 0 Å². The van der Waals surface area contributed by atoms with E-state index in [0.717, 1.165) is 55.3 Å². The van der Waals surface area contributed by atoms with Crippen molar-refractivity contribution in [3.8, 4) is 0 Å². The third-order valence-corrected chi connectivity index (χ3v) is 4.98. The number of carbonyl (C=O) groups is 1. The molecule has 0 spiro atoms. The highest BCUT2D eigenvalue weighted by Gasteiger charge is 2.42. The molecule has 0 aliphatic heterocycles. The average molecular weight is 304 g/mol. The van der Waals surface area contributed by atoms with Gasteiger partial charge < -0.3 is 11.1 Å². The number of carbonyl (C=O) groups excluding carboxylic acids is 1. The molecular weight excluding hydrogens is 280 g/mol. The van der Waals surface area contributed by atoms with Crippen LogP contribution in [0.2, 0.25) is 0 Å². The van der Waals surface area contributed by atoms with Crippen molar-refractivity contribution in [2.24, 2.45) is 11.1 Å². The SMILES string of the molecule is CCc1cccc(C)c1NC(=O)C1(C(N)=S)CCCCC1. The normalized spacial score (nSPS) is 17.2. The van der Waals surface area contributed by atoms with Crippen LogP contribution in [0.4, 0.5) is 5.69 Å². The van der Waals surface area contributed by atoms with Crippen molar-refractivity contribution in [1.82, 2.24) is 0 Å². The molecular formula is C17H24N2OS. The van der Waals surface area contributed by atoms with Gasteiger partial charge in [-0.3, -0.25) is 4.79 Å². The topological polar surface area (TPSA) is 55.1 Å². The second-order valence-corrected chi connectivity index (χ2v) is 6.36. The van der Waals surface area contributed by atoms with E-state index < -0.39 is 5.41 Å². The summed E-state index contributed by atoms with van der Waals surface area (Å²) in [6.45, 7) is 4.11. The first-order chi connectivity index (χ1) is 10.0. The summed E-state index contributed by atoms with van der Waals surface area (Å²) in [7, 11) is 0. The standard InChI is InChI=1S/C17H24N2OS/c1-3-13-9-7-8-12(2)14(13)19-16(20)17(15(18)21)10-5-4-6-11-17/h7-9H,3-6,10-11H2,1-2H3,(H2,18,21)(H,19,20). The summed E-state index contributed by atoms with van der Waals surface area (Å²) in [5.41, 5.74) is 8.42. The maximum absolute atomic E-state index is 12.9. The third kappa shape index (κ3) is 3.10. The van der Waals surface area contributed by atoms with Crippen molar-refractivity contribution in [2.45, 2.75) is 52.4 Å². The minimum atomic E-state index is -0.666. The Kier molecular flexibility index (Phi) is 4.99. The summed E-state index contributed by atoms with van der Waals surface area (Å²) in [5, 5.41) is 3.12. The number of nitrogens with two attached hydrogens (primary N) is 1. The lowest BCUT2D eigenvalue weighted by Gasteiger charge is -2.35. The predicted molar refractivity (Wildman–Crippen MR) is 91.5 cm³/mol. The number of hydrogen-bond donors (Lipinski definition) is 2. The van der Waals surface area contributed by atoms with E-state index in [1.807, 2.05) is 19.1 Å². The number of rotatable bonds is 4. The van der Waals surface area contributed by atoms with Crippen molar-refractivity contribution < 1.29 is 4.79 Å². The van der Waals surface area contributed by atoms with Crippen LogP contribution in [0.3, 0.4) is 0 Å². The van der Waals surface area contributed by atoms with Crippen LogP contribution in [0, 0.1) is 12.3 Å². The Hall–Kier alpha value is -1.42. The zero-order valence-electron chi connectivity index (χ0n) is 12.9. The molecule has 1 aliphatic rings. The maximum atomic E-state index is 12.9. The van der Waals surface area contributed by atoms with Gasteiger partial charge in [-0.05, 0) is 37.3 Å². The van der Waals surface area contributed by atoms with E-state index in [2.05, 4.69) is 18.3 Å². The number of aryl methyl sites for hydroxylation is 2. The maximum Gasteiger partial charge on any atom is 0.237 e. The molecule has 0 radical (unpaired) electrons. The van der Waals surface area contributed by atoms with Gasteiger partial charge in [-0.15, -0.1) is 0 Å². The molecule has 0 saturated heterocycles. The Labute approximate surface area is 132 Å². The number of anilines is 1. The number of amides is 1. The van der Waals surface area contributed by atoms with Gasteiger partial charge in [0, 0.05) is 5.69 Å². The van der Waals surface area contributed by atoms with Gasteiger partial charge in [0.2, 0.25) is 5.91 Å². The second kappa shape index (κ2) is 6.56. The van der Waals surface area contributed by atoms with Crippen molar-refractivity contribution in [2.75, 3.05) is 5.32 Å². The molecule has 0 heterocycles. The molecule has 0 aromatic heterocycles. The van der Waals surface area contributed by atoms with Gasteiger partial charge in [-0.1, -0.05) is 56.6 Å². The lowest BCUT2D eigenvalue weighted by Crippen LogP contribution is -2.47. The molecule has 3 N–H and O–H groups in total. The number of nitrogens with one attached hydrogen (secondary N) is 1. The van der Waals surface area contributed by atoms with Gasteiger partial charge in [0.05, 0.1) is 10.4 Å². The van der Waals surface area contributed by atoms with E-state index in [1.54, 1.807) is 0 Å². The Balaban J connectivity index is 2.30. The van der Waals surface area contributed by atoms with E-state index in [0.29, 0.717) is 4.99 Å². The molecule has 0 bridgehead atoms. The summed E-state index contributed by atoms with van der Waals surface area (Å²) < 4.78 is 0. The molecule has 1 aromatic carbocycles. The van der Waals surface area contributed by atoms with E-state index in [-0.39, 0.29) is 5.91 Å². The molecule has 3 nitrogen and oxygen atoms in total. The fourth-order valence-corrected chi connectivity index (χ4v) is 3.47. The summed E-state index contributed by atoms with van der Waals surface area (Å²) >= 11 is 5.23. The van der Waals surface area contributed by atoms with Crippen LogP contribution in [-0.4, -0.2) is 10.9 Å². The van der Waals surface area contributed by atoms with Crippen molar-refractivity contribution in [3.63, 3.8) is 0 Å². The average Bonchev–Trinajstić information content (AvgIpc) is 2.49. The molecule has 114 valence electrons. The molecule has 1 fully saturated rings. The minimum Gasteiger partial charge on any atom is -0.392 e. The first-order valence-corrected chi connectivity index (χ1v) is 8.12. The molecule has 1 saturated carbocycles. The molecule has 4 heteroatoms. The van der Waals surface area contributed by atoms with Crippen LogP contribution >= 0.6 is 12.2 Å². The van der Waals surface area contributed by atoms with Crippen LogP contribution in [0.1, 0.15) is 50.2 Å². The van der Waals surface area contributed by atoms with E-state index in [1.165, 1.54) is 0 Å². The van der Waals surface area contributed by atoms with Crippen LogP contribution < -0.4 is 11.1 Å². The fourth-order valence-electron chi connectivity index (χ4n) is 3.18. The van der Waals surface area contributed by atoms with Gasteiger partial charge in [-0.2, -0.15) is 0 Å². The molecule has 21 heavy (non-hydrogen) atoms. The molecule has 0 atom stereocenters. The lowest BCUT2D eigenvalue weighted by atomic mass is 9.73. The van der Waals surface area contributed by atoms with Crippen LogP contribution in [0.15, 0.2) is 18.2 Å². The Morgan fingerprint density at radius 1 is 1.33 bits per heavy atom. The van der Waals surface area contributed by atoms with Gasteiger partial charge in [-0.25, -0.2) is 0 Å². The van der Waals surface area contributed by atoms with Crippen molar-refractivity contribution in [1.29, 1.82) is 0 Å². The van der Waals surface area contributed by atoms with Gasteiger partial charge in [0.25, 0.3) is 0 Å². The Morgan fingerprint density at radius 3 is 2.57 bits per heavy atom. The molecule has 1 aromatic rings. The highest BCUT2D eigenvalue weighted by molar-refractivity contribution is 7.80. The first kappa shape index (κ1) is 16.0. The van der Waals surface area contributed by atoms with Crippen LogP contribution in [-0.2, 0) is 11.2 Å². The van der Waals surface area contributed by atoms with E-state index in [4.69, 9.17) is 18.0 Å². The molecule has 1 amide bonds. The number of benzene rings is 1. The summed E-state index contributed by atoms with van der Waals surface area (Å²) in [4.78, 5) is 13.2. The van der Waals surface area contributed by atoms with E-state index in [9.17, 15) is 4.79 Å². The summed E-state index contributed by atoms with van der Waals surface area (Å²) in [6.07, 6.45) is 5.60. The minimum absolute atomic E-state index is 0.0290. The summed E-state index contributed by atoms with van der Waals surface area (Å²) in [5.74, 6) is -0.0290. The van der Waals surface area contributed by atoms with Crippen LogP contribution in [0.25, 0.3) is 0 Å². The van der Waals surface area contributed by atoms with E-state index >= 15 is 0 Å². The van der Waals surface area contributed by atoms with Gasteiger partial charge >= 0.3 is 0 Å². The quantitative estimate of drug-likeness (QED) is 0.833. The summed E-state index contributed by atoms with van der Waals surface area (Å²) in [6, 6.07) is 6.09. The monoisotopic (exact) mass is 304 g/mol. The zero-order valence-corrected chi connectivity index (χ0v) is 13.7. The number of hydrogen-bond acceptors (Lipinski definition) is 2. The molecule has 2 rings (SSSR count). The first-order valence-electron chi connectivity index (χ1n) is 7.71. The predicted octanol–water partition coefficient (Wildman–Crippen LogP) is 3.73. The molecule has 0 unspecified atom stereocenters. The highest BCUT2D eigenvalue weighted by Crippen LogP contribution is 2.38. The Bertz CT molecular complexity index is 548. The Morgan fingerprint density at radius 2 is 2.00 bits per heavy atom. The largest absolute Gasteiger partial charge is 0.392 e. The fraction of sp³-hybridized carbons (Fsp3) is 0.529. The number of thiocarbonyl (C=S) groups is 1. The zero-order chi connectivity index (χ0) is 15.5. The number of para-hydroxylation sites is 1. The van der Waals surface area contributed by atoms with Gasteiger partial charge in [0.15, 0.2) is 0 Å².